The lowest BCUT2D eigenvalue weighted by molar-refractivity contribution is -0.212. The molecule has 0 aliphatic heterocycles. The van der Waals surface area contributed by atoms with E-state index < -0.39 is 11.7 Å². The summed E-state index contributed by atoms with van der Waals surface area (Å²) in [5.41, 5.74) is -0.707. The lowest BCUT2D eigenvalue weighted by Crippen LogP contribution is -2.61. The highest BCUT2D eigenvalue weighted by Gasteiger charge is 2.68. The summed E-state index contributed by atoms with van der Waals surface area (Å²) in [4.78, 5) is 23.2. The molecule has 5 heteroatoms. The number of esters is 2. The zero-order valence-corrected chi connectivity index (χ0v) is 20.3. The first-order valence-electron chi connectivity index (χ1n) is 12.4. The van der Waals surface area contributed by atoms with Crippen LogP contribution in [0.5, 0.6) is 0 Å². The van der Waals surface area contributed by atoms with Crippen LogP contribution < -0.4 is 0 Å². The van der Waals surface area contributed by atoms with E-state index in [4.69, 9.17) is 9.47 Å². The predicted octanol–water partition coefficient (Wildman–Crippen LogP) is 5.03. The van der Waals surface area contributed by atoms with Crippen molar-refractivity contribution >= 4 is 11.9 Å². The molecule has 0 saturated heterocycles. The van der Waals surface area contributed by atoms with E-state index in [1.807, 2.05) is 6.92 Å². The standard InChI is InChI=1S/C26H42O5/c1-16(30-17(2)27)26(29)14-10-22-20-8-11-23(4)15-19(31-18(3)28)7-12-24(23,5)21(20)9-13-25(22,26)6/h16,19-22,29H,7-15H2,1-6H3/t16-,19-,20-,21-,22-,23-,24-,25-,26+/m1/s1. The SMILES string of the molecule is CC(=O)O[C@@H]1CC[C@]2(C)[C@@H]3CC[C@]4(C)[C@H](CC[C@]4(O)[C@@H](C)OC(C)=O)[C@@H]3CC[C@]2(C)C1. The number of carbonyl (C=O) groups is 2. The maximum absolute atomic E-state index is 11.8. The van der Waals surface area contributed by atoms with E-state index in [0.29, 0.717) is 24.2 Å². The summed E-state index contributed by atoms with van der Waals surface area (Å²) in [5, 5.41) is 11.8. The smallest absolute Gasteiger partial charge is 0.302 e. The van der Waals surface area contributed by atoms with Crippen molar-refractivity contribution in [2.24, 2.45) is 34.0 Å². The highest BCUT2D eigenvalue weighted by Crippen LogP contribution is 2.71. The molecule has 176 valence electrons. The largest absolute Gasteiger partial charge is 0.463 e. The minimum atomic E-state index is -0.942. The van der Waals surface area contributed by atoms with E-state index >= 15 is 0 Å². The van der Waals surface area contributed by atoms with Gasteiger partial charge in [-0.2, -0.15) is 0 Å². The van der Waals surface area contributed by atoms with E-state index in [2.05, 4.69) is 20.8 Å². The van der Waals surface area contributed by atoms with Gasteiger partial charge in [0.2, 0.25) is 0 Å². The van der Waals surface area contributed by atoms with Gasteiger partial charge in [0.25, 0.3) is 0 Å². The molecule has 4 fully saturated rings. The molecule has 0 aromatic heterocycles. The molecule has 0 spiro atoms. The minimum absolute atomic E-state index is 0.0575. The number of hydrogen-bond acceptors (Lipinski definition) is 5. The first-order valence-corrected chi connectivity index (χ1v) is 12.4. The Hall–Kier alpha value is -1.10. The van der Waals surface area contributed by atoms with E-state index in [-0.39, 0.29) is 34.3 Å². The molecule has 0 amide bonds. The number of carbonyl (C=O) groups excluding carboxylic acids is 2. The fourth-order valence-corrected chi connectivity index (χ4v) is 8.99. The van der Waals surface area contributed by atoms with Crippen LogP contribution in [0.2, 0.25) is 0 Å². The molecule has 0 radical (unpaired) electrons. The molecule has 0 aromatic carbocycles. The van der Waals surface area contributed by atoms with Gasteiger partial charge in [0.1, 0.15) is 17.8 Å². The lowest BCUT2D eigenvalue weighted by Gasteiger charge is -2.65. The number of ether oxygens (including phenoxy) is 2. The van der Waals surface area contributed by atoms with Crippen LogP contribution >= 0.6 is 0 Å². The zero-order chi connectivity index (χ0) is 22.8. The molecular weight excluding hydrogens is 392 g/mol. The van der Waals surface area contributed by atoms with Crippen molar-refractivity contribution in [2.45, 2.75) is 117 Å². The average Bonchev–Trinajstić information content (AvgIpc) is 2.94. The van der Waals surface area contributed by atoms with Crippen molar-refractivity contribution in [3.05, 3.63) is 0 Å². The summed E-state index contributed by atoms with van der Waals surface area (Å²) in [7, 11) is 0. The zero-order valence-electron chi connectivity index (χ0n) is 20.3. The van der Waals surface area contributed by atoms with Crippen LogP contribution in [0.1, 0.15) is 99.3 Å². The Kier molecular flexibility index (Phi) is 5.55. The monoisotopic (exact) mass is 434 g/mol. The van der Waals surface area contributed by atoms with Crippen LogP contribution in [0.3, 0.4) is 0 Å². The Morgan fingerprint density at radius 2 is 1.48 bits per heavy atom. The quantitative estimate of drug-likeness (QED) is 0.631. The Morgan fingerprint density at radius 3 is 2.13 bits per heavy atom. The molecular formula is C26H42O5. The van der Waals surface area contributed by atoms with Crippen LogP contribution in [0.25, 0.3) is 0 Å². The van der Waals surface area contributed by atoms with Crippen LogP contribution in [-0.2, 0) is 19.1 Å². The molecule has 0 heterocycles. The van der Waals surface area contributed by atoms with Crippen LogP contribution in [0.15, 0.2) is 0 Å². The van der Waals surface area contributed by atoms with Gasteiger partial charge < -0.3 is 14.6 Å². The van der Waals surface area contributed by atoms with Gasteiger partial charge >= 0.3 is 11.9 Å². The summed E-state index contributed by atoms with van der Waals surface area (Å²) in [6.07, 6.45) is 8.82. The van der Waals surface area contributed by atoms with Gasteiger partial charge in [0, 0.05) is 19.3 Å². The van der Waals surface area contributed by atoms with Crippen LogP contribution in [-0.4, -0.2) is 34.9 Å². The number of rotatable bonds is 3. The van der Waals surface area contributed by atoms with Crippen LogP contribution in [0, 0.1) is 34.0 Å². The number of fused-ring (bicyclic) bond motifs is 5. The maximum atomic E-state index is 11.8. The molecule has 0 aromatic rings. The Labute approximate surface area is 187 Å². The predicted molar refractivity (Wildman–Crippen MR) is 118 cm³/mol. The third-order valence-corrected chi connectivity index (χ3v) is 10.9. The van der Waals surface area contributed by atoms with Crippen molar-refractivity contribution in [3.63, 3.8) is 0 Å². The van der Waals surface area contributed by atoms with Crippen LogP contribution in [0.4, 0.5) is 0 Å². The summed E-state index contributed by atoms with van der Waals surface area (Å²) in [5.74, 6) is 1.26. The fourth-order valence-electron chi connectivity index (χ4n) is 8.99. The van der Waals surface area contributed by atoms with E-state index in [1.54, 1.807) is 0 Å². The highest BCUT2D eigenvalue weighted by molar-refractivity contribution is 5.66. The molecule has 0 bridgehead atoms. The van der Waals surface area contributed by atoms with Crippen molar-refractivity contribution in [3.8, 4) is 0 Å². The average molecular weight is 435 g/mol. The van der Waals surface area contributed by atoms with Gasteiger partial charge in [-0.25, -0.2) is 0 Å². The first-order chi connectivity index (χ1) is 14.4. The van der Waals surface area contributed by atoms with Crippen molar-refractivity contribution in [1.82, 2.24) is 0 Å². The van der Waals surface area contributed by atoms with E-state index in [1.165, 1.54) is 20.3 Å². The topological polar surface area (TPSA) is 72.8 Å². The second-order valence-corrected chi connectivity index (χ2v) is 12.0. The fraction of sp³-hybridized carbons (Fsp3) is 0.923. The van der Waals surface area contributed by atoms with E-state index in [0.717, 1.165) is 44.9 Å². The molecule has 4 rings (SSSR count). The van der Waals surface area contributed by atoms with Gasteiger partial charge in [-0.3, -0.25) is 9.59 Å². The summed E-state index contributed by atoms with van der Waals surface area (Å²) < 4.78 is 11.2. The molecule has 4 saturated carbocycles. The maximum Gasteiger partial charge on any atom is 0.302 e. The van der Waals surface area contributed by atoms with Gasteiger partial charge in [-0.05, 0) is 93.3 Å². The Morgan fingerprint density at radius 1 is 0.871 bits per heavy atom. The minimum Gasteiger partial charge on any atom is -0.463 e. The molecule has 5 nitrogen and oxygen atoms in total. The van der Waals surface area contributed by atoms with E-state index in [9.17, 15) is 14.7 Å². The molecule has 4 aliphatic carbocycles. The summed E-state index contributed by atoms with van der Waals surface area (Å²) in [6, 6.07) is 0. The first kappa shape index (κ1) is 23.1. The molecule has 9 atom stereocenters. The number of aliphatic hydroxyl groups is 1. The van der Waals surface area contributed by atoms with Gasteiger partial charge in [0.05, 0.1) is 0 Å². The third-order valence-electron chi connectivity index (χ3n) is 10.9. The highest BCUT2D eigenvalue weighted by atomic mass is 16.6. The Balaban J connectivity index is 1.58. The molecule has 1 N–H and O–H groups in total. The van der Waals surface area contributed by atoms with Crippen molar-refractivity contribution in [2.75, 3.05) is 0 Å². The van der Waals surface area contributed by atoms with Crippen molar-refractivity contribution in [1.29, 1.82) is 0 Å². The molecule has 31 heavy (non-hydrogen) atoms. The normalized spacial score (nSPS) is 49.9. The van der Waals surface area contributed by atoms with Crippen molar-refractivity contribution < 1.29 is 24.2 Å². The second kappa shape index (κ2) is 7.46. The van der Waals surface area contributed by atoms with Gasteiger partial charge in [-0.15, -0.1) is 0 Å². The second-order valence-electron chi connectivity index (χ2n) is 12.0. The molecule has 4 aliphatic rings. The molecule has 0 unspecified atom stereocenters. The Bertz CT molecular complexity index is 750. The third kappa shape index (κ3) is 3.28. The summed E-state index contributed by atoms with van der Waals surface area (Å²) >= 11 is 0. The number of hydrogen-bond donors (Lipinski definition) is 1. The lowest BCUT2D eigenvalue weighted by atomic mass is 9.40. The summed E-state index contributed by atoms with van der Waals surface area (Å²) in [6.45, 7) is 12.0. The van der Waals surface area contributed by atoms with Gasteiger partial charge in [0.15, 0.2) is 0 Å². The van der Waals surface area contributed by atoms with Gasteiger partial charge in [-0.1, -0.05) is 20.8 Å².